The van der Waals surface area contributed by atoms with E-state index >= 15 is 0 Å². The summed E-state index contributed by atoms with van der Waals surface area (Å²) >= 11 is 0. The number of alkyl halides is 2. The van der Waals surface area contributed by atoms with E-state index in [1.807, 2.05) is 4.90 Å². The molecule has 2 aliphatic rings. The van der Waals surface area contributed by atoms with Crippen LogP contribution in [0.5, 0.6) is 0 Å². The predicted molar refractivity (Wildman–Crippen MR) is 86.9 cm³/mol. The zero-order chi connectivity index (χ0) is 16.6. The van der Waals surface area contributed by atoms with Crippen LogP contribution in [0.3, 0.4) is 0 Å². The minimum atomic E-state index is -2.65. The van der Waals surface area contributed by atoms with Gasteiger partial charge in [-0.05, 0) is 54.4 Å². The van der Waals surface area contributed by atoms with E-state index < -0.39 is 5.92 Å². The third kappa shape index (κ3) is 3.73. The second kappa shape index (κ2) is 6.21. The summed E-state index contributed by atoms with van der Waals surface area (Å²) in [6.45, 7) is 6.03. The van der Waals surface area contributed by atoms with Crippen LogP contribution in [0.1, 0.15) is 54.6 Å². The molecule has 0 unspecified atom stereocenters. The van der Waals surface area contributed by atoms with Gasteiger partial charge in [0.25, 0.3) is 11.8 Å². The van der Waals surface area contributed by atoms with Crippen molar-refractivity contribution in [1.82, 2.24) is 4.90 Å². The number of nitrogens with zero attached hydrogens (tertiary/aromatic N) is 1. The summed E-state index contributed by atoms with van der Waals surface area (Å²) in [5.74, 6) is -1.26. The third-order valence-electron chi connectivity index (χ3n) is 5.06. The summed E-state index contributed by atoms with van der Waals surface area (Å²) in [6.07, 6.45) is 2.88. The molecule has 0 radical (unpaired) electrons. The largest absolute Gasteiger partial charge is 0.339 e. The van der Waals surface area contributed by atoms with Crippen LogP contribution in [0.2, 0.25) is 0 Å². The number of likely N-dealkylation sites (tertiary alicyclic amines) is 1. The molecule has 1 amide bonds. The van der Waals surface area contributed by atoms with Gasteiger partial charge in [-0.2, -0.15) is 0 Å². The number of halogens is 2. The lowest BCUT2D eigenvalue weighted by Gasteiger charge is -2.33. The molecule has 0 saturated carbocycles. The summed E-state index contributed by atoms with van der Waals surface area (Å²) in [5, 5.41) is 0. The molecule has 126 valence electrons. The van der Waals surface area contributed by atoms with E-state index in [9.17, 15) is 13.6 Å². The number of hydrogen-bond acceptors (Lipinski definition) is 1. The van der Waals surface area contributed by atoms with E-state index in [1.54, 1.807) is 18.2 Å². The molecule has 0 aromatic heterocycles. The van der Waals surface area contributed by atoms with Crippen molar-refractivity contribution in [3.8, 4) is 0 Å². The Kier molecular flexibility index (Phi) is 4.43. The van der Waals surface area contributed by atoms with E-state index in [4.69, 9.17) is 0 Å². The van der Waals surface area contributed by atoms with E-state index in [1.165, 1.54) is 6.42 Å². The topological polar surface area (TPSA) is 20.3 Å². The van der Waals surface area contributed by atoms with Crippen molar-refractivity contribution >= 4 is 5.91 Å². The highest BCUT2D eigenvalue weighted by atomic mass is 19.3. The van der Waals surface area contributed by atoms with Crippen LogP contribution in [0.25, 0.3) is 0 Å². The average Bonchev–Trinajstić information content (AvgIpc) is 2.79. The van der Waals surface area contributed by atoms with Crippen LogP contribution in [0.15, 0.2) is 18.2 Å². The van der Waals surface area contributed by atoms with Crippen molar-refractivity contribution < 1.29 is 13.6 Å². The fourth-order valence-electron chi connectivity index (χ4n) is 3.94. The van der Waals surface area contributed by atoms with E-state index in [0.29, 0.717) is 28.5 Å². The Morgan fingerprint density at radius 1 is 1.22 bits per heavy atom. The minimum absolute atomic E-state index is 0.00832. The maximum atomic E-state index is 13.5. The number of rotatable bonds is 3. The number of carbonyl (C=O) groups excluding carboxylic acids is 1. The number of hydrogen-bond donors (Lipinski definition) is 0. The van der Waals surface area contributed by atoms with Crippen molar-refractivity contribution in [1.29, 1.82) is 0 Å². The number of carbonyl (C=O) groups is 1. The van der Waals surface area contributed by atoms with Crippen LogP contribution < -0.4 is 0 Å². The van der Waals surface area contributed by atoms with Crippen LogP contribution in [0, 0.1) is 11.8 Å². The number of fused-ring (bicyclic) bond motifs is 1. The van der Waals surface area contributed by atoms with E-state index in [0.717, 1.165) is 25.9 Å². The van der Waals surface area contributed by atoms with Crippen LogP contribution >= 0.6 is 0 Å². The lowest BCUT2D eigenvalue weighted by atomic mass is 9.88. The maximum absolute atomic E-state index is 13.5. The molecule has 1 aliphatic heterocycles. The molecule has 0 spiro atoms. The molecule has 1 saturated heterocycles. The number of benzene rings is 1. The number of amides is 1. The molecule has 0 N–H and O–H groups in total. The molecule has 1 fully saturated rings. The van der Waals surface area contributed by atoms with Crippen molar-refractivity contribution in [2.45, 2.75) is 51.9 Å². The molecule has 0 bridgehead atoms. The summed E-state index contributed by atoms with van der Waals surface area (Å²) in [6, 6.07) is 5.09. The van der Waals surface area contributed by atoms with Crippen molar-refractivity contribution in [2.24, 2.45) is 11.8 Å². The fourth-order valence-corrected chi connectivity index (χ4v) is 3.94. The smallest absolute Gasteiger partial charge is 0.256 e. The molecule has 3 rings (SSSR count). The van der Waals surface area contributed by atoms with Gasteiger partial charge in [0, 0.05) is 31.5 Å². The van der Waals surface area contributed by atoms with Crippen molar-refractivity contribution in [3.63, 3.8) is 0 Å². The standard InChI is InChI=1S/C19H25F2NO/c1-13(2)9-14-5-7-22(8-6-14)18(23)15-3-4-16-11-19(20,21)12-17(16)10-15/h3-4,10,13-14H,5-9,11-12H2,1-2H3. The van der Waals surface area contributed by atoms with Gasteiger partial charge in [-0.3, -0.25) is 4.79 Å². The highest BCUT2D eigenvalue weighted by molar-refractivity contribution is 5.94. The lowest BCUT2D eigenvalue weighted by molar-refractivity contribution is 0.0130. The first kappa shape index (κ1) is 16.4. The SMILES string of the molecule is CC(C)CC1CCN(C(=O)c2ccc3c(c2)CC(F)(F)C3)CC1. The second-order valence-corrected chi connectivity index (χ2v) is 7.56. The van der Waals surface area contributed by atoms with Gasteiger partial charge in [-0.15, -0.1) is 0 Å². The summed E-state index contributed by atoms with van der Waals surface area (Å²) in [4.78, 5) is 14.5. The minimum Gasteiger partial charge on any atom is -0.339 e. The zero-order valence-electron chi connectivity index (χ0n) is 13.9. The van der Waals surface area contributed by atoms with Crippen molar-refractivity contribution in [2.75, 3.05) is 13.1 Å². The van der Waals surface area contributed by atoms with Gasteiger partial charge in [0.2, 0.25) is 0 Å². The molecular weight excluding hydrogens is 296 g/mol. The van der Waals surface area contributed by atoms with Crippen LogP contribution in [-0.4, -0.2) is 29.8 Å². The third-order valence-corrected chi connectivity index (χ3v) is 5.06. The molecule has 1 aliphatic carbocycles. The molecule has 2 nitrogen and oxygen atoms in total. The van der Waals surface area contributed by atoms with Gasteiger partial charge in [-0.1, -0.05) is 19.9 Å². The molecule has 1 aromatic rings. The van der Waals surface area contributed by atoms with E-state index in [-0.39, 0.29) is 18.7 Å². The molecule has 4 heteroatoms. The van der Waals surface area contributed by atoms with Gasteiger partial charge in [0.1, 0.15) is 0 Å². The Morgan fingerprint density at radius 3 is 2.52 bits per heavy atom. The Balaban J connectivity index is 1.64. The first-order valence-electron chi connectivity index (χ1n) is 8.63. The van der Waals surface area contributed by atoms with Crippen molar-refractivity contribution in [3.05, 3.63) is 34.9 Å². The molecule has 1 heterocycles. The first-order chi connectivity index (χ1) is 10.8. The maximum Gasteiger partial charge on any atom is 0.256 e. The summed E-state index contributed by atoms with van der Waals surface area (Å²) in [7, 11) is 0. The van der Waals surface area contributed by atoms with Crippen LogP contribution in [0.4, 0.5) is 8.78 Å². The Hall–Kier alpha value is -1.45. The highest BCUT2D eigenvalue weighted by Crippen LogP contribution is 2.35. The lowest BCUT2D eigenvalue weighted by Crippen LogP contribution is -2.38. The quantitative estimate of drug-likeness (QED) is 0.812. The van der Waals surface area contributed by atoms with E-state index in [2.05, 4.69) is 13.8 Å². The summed E-state index contributed by atoms with van der Waals surface area (Å²) in [5.41, 5.74) is 1.88. The monoisotopic (exact) mass is 321 g/mol. The Labute approximate surface area is 136 Å². The fraction of sp³-hybridized carbons (Fsp3) is 0.632. The number of piperidine rings is 1. The Morgan fingerprint density at radius 2 is 1.87 bits per heavy atom. The first-order valence-corrected chi connectivity index (χ1v) is 8.63. The normalized spacial score (nSPS) is 20.8. The molecular formula is C19H25F2NO. The predicted octanol–water partition coefficient (Wildman–Crippen LogP) is 4.32. The van der Waals surface area contributed by atoms with Gasteiger partial charge in [0.15, 0.2) is 0 Å². The zero-order valence-corrected chi connectivity index (χ0v) is 13.9. The van der Waals surface area contributed by atoms with Gasteiger partial charge in [0.05, 0.1) is 0 Å². The second-order valence-electron chi connectivity index (χ2n) is 7.56. The van der Waals surface area contributed by atoms with Crippen LogP contribution in [-0.2, 0) is 12.8 Å². The molecule has 0 atom stereocenters. The summed E-state index contributed by atoms with van der Waals surface area (Å²) < 4.78 is 27.0. The molecule has 1 aromatic carbocycles. The van der Waals surface area contributed by atoms with Gasteiger partial charge < -0.3 is 4.90 Å². The van der Waals surface area contributed by atoms with Gasteiger partial charge >= 0.3 is 0 Å². The highest BCUT2D eigenvalue weighted by Gasteiger charge is 2.37. The van der Waals surface area contributed by atoms with Gasteiger partial charge in [-0.25, -0.2) is 8.78 Å². The average molecular weight is 321 g/mol. The Bertz CT molecular complexity index is 589. The molecule has 23 heavy (non-hydrogen) atoms.